The maximum atomic E-state index is 11.8. The highest BCUT2D eigenvalue weighted by atomic mass is 32.2. The number of carbonyl (C=O) groups excluding carboxylic acids is 1. The van der Waals surface area contributed by atoms with Gasteiger partial charge in [-0.05, 0) is 36.2 Å². The fraction of sp³-hybridized carbons (Fsp3) is 0.353. The van der Waals surface area contributed by atoms with E-state index >= 15 is 0 Å². The smallest absolute Gasteiger partial charge is 0.248 e. The van der Waals surface area contributed by atoms with Crippen molar-refractivity contribution < 1.29 is 17.6 Å². The van der Waals surface area contributed by atoms with Gasteiger partial charge < -0.3 is 10.2 Å². The molecule has 0 radical (unpaired) electrons. The largest absolute Gasteiger partial charge is 0.468 e. The number of nitrogens with zero attached hydrogens (tertiary/aromatic N) is 1. The van der Waals surface area contributed by atoms with Crippen LogP contribution in [0.5, 0.6) is 0 Å². The number of hydrogen-bond acceptors (Lipinski definition) is 5. The summed E-state index contributed by atoms with van der Waals surface area (Å²) in [4.78, 5) is 13.3. The van der Waals surface area contributed by atoms with Crippen molar-refractivity contribution in [2.24, 2.45) is 5.73 Å². The van der Waals surface area contributed by atoms with Crippen LogP contribution in [0.15, 0.2) is 47.1 Å². The van der Waals surface area contributed by atoms with E-state index in [2.05, 4.69) is 4.90 Å². The SMILES string of the molecule is NC(=O)c1ccc(CN(Cc2ccco2)C2CCS(=O)(=O)C2)cc1. The summed E-state index contributed by atoms with van der Waals surface area (Å²) < 4.78 is 29.0. The Labute approximate surface area is 141 Å². The number of rotatable bonds is 6. The van der Waals surface area contributed by atoms with Crippen LogP contribution in [0, 0.1) is 0 Å². The van der Waals surface area contributed by atoms with Crippen LogP contribution in [0.1, 0.15) is 28.1 Å². The summed E-state index contributed by atoms with van der Waals surface area (Å²) >= 11 is 0. The minimum absolute atomic E-state index is 0.0316. The first-order chi connectivity index (χ1) is 11.4. The predicted octanol–water partition coefficient (Wildman–Crippen LogP) is 1.57. The number of hydrogen-bond donors (Lipinski definition) is 1. The molecule has 0 spiro atoms. The first kappa shape index (κ1) is 16.7. The van der Waals surface area contributed by atoms with E-state index in [0.717, 1.165) is 11.3 Å². The zero-order valence-electron chi connectivity index (χ0n) is 13.2. The van der Waals surface area contributed by atoms with Crippen molar-refractivity contribution in [1.29, 1.82) is 0 Å². The lowest BCUT2D eigenvalue weighted by Crippen LogP contribution is -2.35. The number of sulfone groups is 1. The summed E-state index contributed by atoms with van der Waals surface area (Å²) in [7, 11) is -2.96. The monoisotopic (exact) mass is 348 g/mol. The second kappa shape index (κ2) is 6.78. The van der Waals surface area contributed by atoms with Crippen molar-refractivity contribution in [2.45, 2.75) is 25.6 Å². The summed E-state index contributed by atoms with van der Waals surface area (Å²) in [5.74, 6) is 0.740. The minimum Gasteiger partial charge on any atom is -0.468 e. The first-order valence-corrected chi connectivity index (χ1v) is 9.61. The number of primary amides is 1. The Morgan fingerprint density at radius 3 is 2.50 bits per heavy atom. The second-order valence-corrected chi connectivity index (χ2v) is 8.33. The third kappa shape index (κ3) is 4.04. The van der Waals surface area contributed by atoms with Gasteiger partial charge in [0.05, 0.1) is 24.3 Å². The molecule has 2 N–H and O–H groups in total. The van der Waals surface area contributed by atoms with E-state index in [9.17, 15) is 13.2 Å². The third-order valence-electron chi connectivity index (χ3n) is 4.29. The minimum atomic E-state index is -2.96. The van der Waals surface area contributed by atoms with Crippen LogP contribution in [0.3, 0.4) is 0 Å². The Kier molecular flexibility index (Phi) is 4.73. The number of benzene rings is 1. The summed E-state index contributed by atoms with van der Waals surface area (Å²) in [6, 6.07) is 10.7. The van der Waals surface area contributed by atoms with Gasteiger partial charge in [0.2, 0.25) is 5.91 Å². The molecule has 2 heterocycles. The Hall–Kier alpha value is -2.12. The Morgan fingerprint density at radius 2 is 1.96 bits per heavy atom. The van der Waals surface area contributed by atoms with Crippen molar-refractivity contribution in [3.8, 4) is 0 Å². The molecule has 1 amide bonds. The molecule has 1 aliphatic heterocycles. The highest BCUT2D eigenvalue weighted by molar-refractivity contribution is 7.91. The van der Waals surface area contributed by atoms with Gasteiger partial charge in [-0.1, -0.05) is 12.1 Å². The van der Waals surface area contributed by atoms with Gasteiger partial charge in [0, 0.05) is 18.2 Å². The Bertz CT molecular complexity index is 798. The lowest BCUT2D eigenvalue weighted by Gasteiger charge is -2.27. The molecule has 24 heavy (non-hydrogen) atoms. The fourth-order valence-electron chi connectivity index (χ4n) is 2.99. The normalized spacial score (nSPS) is 19.6. The van der Waals surface area contributed by atoms with Crippen LogP contribution < -0.4 is 5.73 Å². The third-order valence-corrected chi connectivity index (χ3v) is 6.04. The fourth-order valence-corrected chi connectivity index (χ4v) is 4.75. The highest BCUT2D eigenvalue weighted by Gasteiger charge is 2.32. The molecule has 0 aliphatic carbocycles. The van der Waals surface area contributed by atoms with Crippen LogP contribution in [0.2, 0.25) is 0 Å². The summed E-state index contributed by atoms with van der Waals surface area (Å²) in [6.07, 6.45) is 2.24. The van der Waals surface area contributed by atoms with Crippen molar-refractivity contribution in [3.05, 3.63) is 59.5 Å². The Morgan fingerprint density at radius 1 is 1.21 bits per heavy atom. The van der Waals surface area contributed by atoms with Gasteiger partial charge in [0.1, 0.15) is 5.76 Å². The summed E-state index contributed by atoms with van der Waals surface area (Å²) in [5.41, 5.74) is 6.71. The van der Waals surface area contributed by atoms with Gasteiger partial charge in [-0.15, -0.1) is 0 Å². The molecule has 1 atom stereocenters. The molecule has 6 nitrogen and oxygen atoms in total. The van der Waals surface area contributed by atoms with Gasteiger partial charge in [-0.3, -0.25) is 9.69 Å². The molecule has 128 valence electrons. The number of amides is 1. The van der Waals surface area contributed by atoms with Crippen LogP contribution >= 0.6 is 0 Å². The molecule has 2 aromatic rings. The predicted molar refractivity (Wildman–Crippen MR) is 90.0 cm³/mol. The standard InChI is InChI=1S/C17H20N2O4S/c18-17(20)14-5-3-13(4-6-14)10-19(11-16-2-1-8-23-16)15-7-9-24(21,22)12-15/h1-6,8,15H,7,9-12H2,(H2,18,20). The maximum absolute atomic E-state index is 11.8. The quantitative estimate of drug-likeness (QED) is 0.855. The molecule has 7 heteroatoms. The summed E-state index contributed by atoms with van der Waals surface area (Å²) in [5, 5.41) is 0. The zero-order valence-corrected chi connectivity index (χ0v) is 14.0. The van der Waals surface area contributed by atoms with Crippen molar-refractivity contribution >= 4 is 15.7 Å². The Balaban J connectivity index is 1.77. The van der Waals surface area contributed by atoms with Crippen LogP contribution in [0.4, 0.5) is 0 Å². The average Bonchev–Trinajstić information content (AvgIpc) is 3.16. The van der Waals surface area contributed by atoms with E-state index in [1.54, 1.807) is 18.4 Å². The topological polar surface area (TPSA) is 93.6 Å². The molecule has 1 aliphatic rings. The van der Waals surface area contributed by atoms with Crippen molar-refractivity contribution in [3.63, 3.8) is 0 Å². The lowest BCUT2D eigenvalue weighted by atomic mass is 10.1. The van der Waals surface area contributed by atoms with Crippen molar-refractivity contribution in [1.82, 2.24) is 4.90 Å². The van der Waals surface area contributed by atoms with E-state index in [1.165, 1.54) is 0 Å². The molecule has 0 bridgehead atoms. The number of carbonyl (C=O) groups is 1. The molecule has 1 aromatic heterocycles. The van der Waals surface area contributed by atoms with E-state index in [0.29, 0.717) is 25.1 Å². The molecule has 1 aromatic carbocycles. The van der Waals surface area contributed by atoms with E-state index < -0.39 is 15.7 Å². The zero-order chi connectivity index (χ0) is 17.2. The molecule has 1 unspecified atom stereocenters. The van der Waals surface area contributed by atoms with Gasteiger partial charge in [-0.25, -0.2) is 8.42 Å². The molecule has 0 saturated carbocycles. The van der Waals surface area contributed by atoms with E-state index in [4.69, 9.17) is 10.2 Å². The lowest BCUT2D eigenvalue weighted by molar-refractivity contribution is 0.1000. The summed E-state index contributed by atoms with van der Waals surface area (Å²) in [6.45, 7) is 1.13. The molecular formula is C17H20N2O4S. The number of nitrogens with two attached hydrogens (primary N) is 1. The highest BCUT2D eigenvalue weighted by Crippen LogP contribution is 2.22. The van der Waals surface area contributed by atoms with Crippen molar-refractivity contribution in [2.75, 3.05) is 11.5 Å². The molecule has 3 rings (SSSR count). The maximum Gasteiger partial charge on any atom is 0.248 e. The average molecular weight is 348 g/mol. The van der Waals surface area contributed by atoms with Crippen LogP contribution in [-0.2, 0) is 22.9 Å². The van der Waals surface area contributed by atoms with Gasteiger partial charge in [-0.2, -0.15) is 0 Å². The molecule has 1 saturated heterocycles. The second-order valence-electron chi connectivity index (χ2n) is 6.10. The molecular weight excluding hydrogens is 328 g/mol. The van der Waals surface area contributed by atoms with Gasteiger partial charge >= 0.3 is 0 Å². The van der Waals surface area contributed by atoms with Crippen LogP contribution in [0.25, 0.3) is 0 Å². The number of furan rings is 1. The van der Waals surface area contributed by atoms with E-state index in [-0.39, 0.29) is 17.5 Å². The van der Waals surface area contributed by atoms with Gasteiger partial charge in [0.25, 0.3) is 0 Å². The van der Waals surface area contributed by atoms with Gasteiger partial charge in [0.15, 0.2) is 9.84 Å². The molecule has 1 fully saturated rings. The first-order valence-electron chi connectivity index (χ1n) is 7.78. The van der Waals surface area contributed by atoms with Crippen LogP contribution in [-0.4, -0.2) is 36.8 Å². The van der Waals surface area contributed by atoms with E-state index in [1.807, 2.05) is 24.3 Å².